The molecule has 1 aromatic heterocycles. The summed E-state index contributed by atoms with van der Waals surface area (Å²) in [6.45, 7) is 0.0183. The van der Waals surface area contributed by atoms with Gasteiger partial charge in [-0.15, -0.1) is 0 Å². The van der Waals surface area contributed by atoms with Crippen LogP contribution in [-0.4, -0.2) is 38.2 Å². The molecule has 9 heteroatoms. The van der Waals surface area contributed by atoms with E-state index in [0.717, 1.165) is 12.1 Å². The van der Waals surface area contributed by atoms with Gasteiger partial charge in [0, 0.05) is 18.5 Å². The molecule has 2 aromatic carbocycles. The van der Waals surface area contributed by atoms with Crippen LogP contribution in [0.2, 0.25) is 0 Å². The number of halogens is 3. The number of carboxylic acids is 1. The molecule has 0 atom stereocenters. The highest BCUT2D eigenvalue weighted by atomic mass is 19.4. The Bertz CT molecular complexity index is 1120. The molecule has 3 aromatic rings. The highest BCUT2D eigenvalue weighted by Gasteiger charge is 2.37. The van der Waals surface area contributed by atoms with E-state index in [4.69, 9.17) is 0 Å². The molecule has 0 spiro atoms. The molecule has 1 aliphatic heterocycles. The van der Waals surface area contributed by atoms with Crippen molar-refractivity contribution >= 4 is 11.9 Å². The lowest BCUT2D eigenvalue weighted by Crippen LogP contribution is -2.37. The minimum absolute atomic E-state index is 0.130. The van der Waals surface area contributed by atoms with Crippen molar-refractivity contribution in [2.75, 3.05) is 6.54 Å². The van der Waals surface area contributed by atoms with Gasteiger partial charge >= 0.3 is 12.1 Å². The molecule has 0 unspecified atom stereocenters. The maximum atomic E-state index is 13.3. The maximum Gasteiger partial charge on any atom is 0.417 e. The number of alkyl halides is 3. The van der Waals surface area contributed by atoms with Crippen molar-refractivity contribution in [3.63, 3.8) is 0 Å². The average Bonchev–Trinajstić information content (AvgIpc) is 3.12. The van der Waals surface area contributed by atoms with Crippen molar-refractivity contribution < 1.29 is 27.9 Å². The summed E-state index contributed by atoms with van der Waals surface area (Å²) in [5.74, 6) is -2.05. The molecule has 0 bridgehead atoms. The summed E-state index contributed by atoms with van der Waals surface area (Å²) < 4.78 is 41.5. The second-order valence-corrected chi connectivity index (χ2v) is 6.85. The fourth-order valence-corrected chi connectivity index (χ4v) is 3.63. The number of nitrogens with zero attached hydrogens (tertiary/aromatic N) is 3. The lowest BCUT2D eigenvalue weighted by atomic mass is 10.0. The van der Waals surface area contributed by atoms with E-state index in [2.05, 4.69) is 5.10 Å². The van der Waals surface area contributed by atoms with E-state index in [1.54, 1.807) is 24.3 Å². The van der Waals surface area contributed by atoms with Crippen LogP contribution in [0.1, 0.15) is 37.7 Å². The zero-order chi connectivity index (χ0) is 21.5. The Morgan fingerprint density at radius 3 is 2.33 bits per heavy atom. The highest BCUT2D eigenvalue weighted by Crippen LogP contribution is 2.33. The molecular weight excluding hydrogens is 399 g/mol. The minimum atomic E-state index is -4.67. The number of carboxylic acid groups (broad SMARTS) is 1. The topological polar surface area (TPSA) is 75.4 Å². The third-order valence-electron chi connectivity index (χ3n) is 5.01. The molecule has 1 N–H and O–H groups in total. The number of benzene rings is 2. The minimum Gasteiger partial charge on any atom is -0.476 e. The van der Waals surface area contributed by atoms with Crippen molar-refractivity contribution in [1.29, 1.82) is 0 Å². The van der Waals surface area contributed by atoms with Crippen molar-refractivity contribution in [3.8, 4) is 5.69 Å². The van der Waals surface area contributed by atoms with Crippen molar-refractivity contribution in [2.24, 2.45) is 0 Å². The van der Waals surface area contributed by atoms with Gasteiger partial charge in [0.1, 0.15) is 0 Å². The van der Waals surface area contributed by atoms with Crippen LogP contribution >= 0.6 is 0 Å². The second-order valence-electron chi connectivity index (χ2n) is 6.85. The Kier molecular flexibility index (Phi) is 4.81. The van der Waals surface area contributed by atoms with E-state index in [9.17, 15) is 27.9 Å². The molecule has 1 aliphatic rings. The van der Waals surface area contributed by atoms with Crippen LogP contribution in [0.15, 0.2) is 54.6 Å². The second kappa shape index (κ2) is 7.33. The first-order valence-corrected chi connectivity index (χ1v) is 9.12. The highest BCUT2D eigenvalue weighted by molar-refractivity contribution is 5.96. The molecular formula is C21H16F3N3O3. The first-order valence-electron chi connectivity index (χ1n) is 9.12. The van der Waals surface area contributed by atoms with E-state index in [0.29, 0.717) is 16.9 Å². The molecule has 1 amide bonds. The van der Waals surface area contributed by atoms with Crippen LogP contribution in [0.4, 0.5) is 13.2 Å². The Morgan fingerprint density at radius 2 is 1.67 bits per heavy atom. The number of hydrogen-bond donors (Lipinski definition) is 1. The molecule has 0 radical (unpaired) electrons. The monoisotopic (exact) mass is 415 g/mol. The summed E-state index contributed by atoms with van der Waals surface area (Å²) in [4.78, 5) is 25.8. The quantitative estimate of drug-likeness (QED) is 0.706. The Morgan fingerprint density at radius 1 is 1.00 bits per heavy atom. The maximum absolute atomic E-state index is 13.3. The van der Waals surface area contributed by atoms with E-state index in [1.165, 1.54) is 21.7 Å². The van der Waals surface area contributed by atoms with Crippen molar-refractivity contribution in [2.45, 2.75) is 19.1 Å². The fourth-order valence-electron chi connectivity index (χ4n) is 3.63. The van der Waals surface area contributed by atoms with Gasteiger partial charge in [0.2, 0.25) is 0 Å². The molecule has 0 saturated carbocycles. The van der Waals surface area contributed by atoms with E-state index in [1.807, 2.05) is 6.07 Å². The molecule has 30 heavy (non-hydrogen) atoms. The third-order valence-corrected chi connectivity index (χ3v) is 5.01. The fraction of sp³-hybridized carbons (Fsp3) is 0.190. The number of para-hydroxylation sites is 1. The van der Waals surface area contributed by atoms with E-state index < -0.39 is 29.2 Å². The number of carbonyl (C=O) groups is 2. The predicted octanol–water partition coefficient (Wildman–Crippen LogP) is 3.79. The van der Waals surface area contributed by atoms with Gasteiger partial charge in [-0.05, 0) is 24.3 Å². The number of carbonyl (C=O) groups excluding carboxylic acids is 1. The smallest absolute Gasteiger partial charge is 0.417 e. The number of fused-ring (bicyclic) bond motifs is 1. The van der Waals surface area contributed by atoms with Crippen LogP contribution in [0, 0.1) is 0 Å². The lowest BCUT2D eigenvalue weighted by Gasteiger charge is -2.28. The van der Waals surface area contributed by atoms with Gasteiger partial charge in [0.15, 0.2) is 5.69 Å². The summed E-state index contributed by atoms with van der Waals surface area (Å²) in [6.07, 6.45) is -4.40. The Balaban J connectivity index is 1.72. The molecule has 6 nitrogen and oxygen atoms in total. The van der Waals surface area contributed by atoms with Gasteiger partial charge in [-0.3, -0.25) is 4.79 Å². The van der Waals surface area contributed by atoms with Crippen molar-refractivity contribution in [3.05, 3.63) is 82.7 Å². The molecule has 0 saturated heterocycles. The van der Waals surface area contributed by atoms with E-state index in [-0.39, 0.29) is 25.2 Å². The zero-order valence-corrected chi connectivity index (χ0v) is 15.6. The van der Waals surface area contributed by atoms with Gasteiger partial charge in [-0.2, -0.15) is 18.3 Å². The molecule has 154 valence electrons. The third kappa shape index (κ3) is 3.42. The average molecular weight is 415 g/mol. The van der Waals surface area contributed by atoms with Gasteiger partial charge in [0.05, 0.1) is 29.1 Å². The number of hydrogen-bond acceptors (Lipinski definition) is 3. The number of rotatable bonds is 3. The normalized spacial score (nSPS) is 13.8. The summed E-state index contributed by atoms with van der Waals surface area (Å²) in [5, 5.41) is 13.7. The Labute approximate surface area is 169 Å². The summed E-state index contributed by atoms with van der Waals surface area (Å²) >= 11 is 0. The van der Waals surface area contributed by atoms with Crippen LogP contribution in [0.5, 0.6) is 0 Å². The van der Waals surface area contributed by atoms with Crippen LogP contribution < -0.4 is 0 Å². The Hall–Kier alpha value is -3.62. The predicted molar refractivity (Wildman–Crippen MR) is 100 cm³/mol. The number of aromatic nitrogens is 2. The first kappa shape index (κ1) is 19.7. The summed E-state index contributed by atoms with van der Waals surface area (Å²) in [6, 6.07) is 13.5. The summed E-state index contributed by atoms with van der Waals surface area (Å²) in [5.41, 5.74) is -0.0545. The number of amides is 1. The zero-order valence-electron chi connectivity index (χ0n) is 15.6. The molecule has 0 aliphatic carbocycles. The van der Waals surface area contributed by atoms with Crippen LogP contribution in [0.3, 0.4) is 0 Å². The first-order chi connectivity index (χ1) is 14.3. The standard InChI is InChI=1S/C21H16F3N3O3/c22-21(23,24)16-9-5-4-8-14(16)19(28)26-11-10-17-15(12-26)18(20(29)30)25-27(17)13-6-2-1-3-7-13/h1-9H,10-12H2,(H,29,30). The summed E-state index contributed by atoms with van der Waals surface area (Å²) in [7, 11) is 0. The molecule has 2 heterocycles. The lowest BCUT2D eigenvalue weighted by molar-refractivity contribution is -0.138. The SMILES string of the molecule is O=C(O)c1nn(-c2ccccc2)c2c1CN(C(=O)c1ccccc1C(F)(F)F)CC2. The van der Waals surface area contributed by atoms with Gasteiger partial charge in [-0.25, -0.2) is 9.48 Å². The van der Waals surface area contributed by atoms with E-state index >= 15 is 0 Å². The largest absolute Gasteiger partial charge is 0.476 e. The molecule has 0 fully saturated rings. The van der Waals surface area contributed by atoms with Gasteiger partial charge in [-0.1, -0.05) is 30.3 Å². The van der Waals surface area contributed by atoms with Gasteiger partial charge in [0.25, 0.3) is 5.91 Å². The van der Waals surface area contributed by atoms with Crippen LogP contribution in [0.25, 0.3) is 5.69 Å². The van der Waals surface area contributed by atoms with Crippen molar-refractivity contribution in [1.82, 2.24) is 14.7 Å². The van der Waals surface area contributed by atoms with Crippen LogP contribution in [-0.2, 0) is 19.1 Å². The van der Waals surface area contributed by atoms with Gasteiger partial charge < -0.3 is 10.0 Å². The molecule has 4 rings (SSSR count). The number of aromatic carboxylic acids is 1.